The first-order valence-corrected chi connectivity index (χ1v) is 10.9. The van der Waals surface area contributed by atoms with Crippen molar-refractivity contribution >= 4 is 23.0 Å². The van der Waals surface area contributed by atoms with Crippen molar-refractivity contribution < 1.29 is 9.66 Å². The van der Waals surface area contributed by atoms with Crippen molar-refractivity contribution in [2.45, 2.75) is 26.2 Å². The summed E-state index contributed by atoms with van der Waals surface area (Å²) in [6.07, 6.45) is 4.34. The van der Waals surface area contributed by atoms with Crippen molar-refractivity contribution in [1.29, 1.82) is 0 Å². The van der Waals surface area contributed by atoms with Gasteiger partial charge in [0.25, 0.3) is 0 Å². The molecule has 1 fully saturated rings. The molecule has 1 saturated heterocycles. The van der Waals surface area contributed by atoms with E-state index in [1.54, 1.807) is 0 Å². The summed E-state index contributed by atoms with van der Waals surface area (Å²) in [7, 11) is 0. The van der Waals surface area contributed by atoms with Crippen LogP contribution in [0, 0.1) is 16.0 Å². The first kappa shape index (κ1) is 21.5. The van der Waals surface area contributed by atoms with Crippen molar-refractivity contribution in [2.24, 2.45) is 5.92 Å². The molecule has 0 unspecified atom stereocenters. The second-order valence-electron chi connectivity index (χ2n) is 7.83. The van der Waals surface area contributed by atoms with Crippen LogP contribution in [0.15, 0.2) is 60.9 Å². The second kappa shape index (κ2) is 10.1. The molecule has 0 saturated carbocycles. The van der Waals surface area contributed by atoms with Gasteiger partial charge in [-0.15, -0.1) is 0 Å². The number of benzene rings is 2. The van der Waals surface area contributed by atoms with E-state index in [2.05, 4.69) is 39.6 Å². The molecule has 1 aliphatic rings. The van der Waals surface area contributed by atoms with Gasteiger partial charge >= 0.3 is 5.69 Å². The third kappa shape index (κ3) is 4.96. The molecule has 0 spiro atoms. The molecule has 0 aliphatic carbocycles. The maximum atomic E-state index is 12.0. The number of anilines is 3. The van der Waals surface area contributed by atoms with Crippen LogP contribution in [0.4, 0.5) is 23.0 Å². The zero-order valence-corrected chi connectivity index (χ0v) is 18.1. The second-order valence-corrected chi connectivity index (χ2v) is 7.83. The standard InChI is InChI=1S/C24H27N5O3/c1-2-32-21-11-7-6-10-20(21)27-23-22(29(30)31)24(26-17-25-23)28-14-12-19(13-15-28)16-18-8-4-3-5-9-18/h3-11,17,19H,2,12-16H2,1H3,(H,25,26,27). The van der Waals surface area contributed by atoms with Gasteiger partial charge in [-0.25, -0.2) is 9.97 Å². The average Bonchev–Trinajstić information content (AvgIpc) is 2.81. The third-order valence-electron chi connectivity index (χ3n) is 5.71. The molecule has 0 amide bonds. The van der Waals surface area contributed by atoms with E-state index in [4.69, 9.17) is 4.74 Å². The lowest BCUT2D eigenvalue weighted by molar-refractivity contribution is -0.383. The fourth-order valence-electron chi connectivity index (χ4n) is 4.14. The van der Waals surface area contributed by atoms with Gasteiger partial charge in [-0.2, -0.15) is 0 Å². The van der Waals surface area contributed by atoms with Crippen LogP contribution in [-0.2, 0) is 6.42 Å². The van der Waals surface area contributed by atoms with Crippen molar-refractivity contribution in [3.8, 4) is 5.75 Å². The zero-order valence-electron chi connectivity index (χ0n) is 18.1. The number of nitrogens with one attached hydrogen (secondary N) is 1. The number of ether oxygens (including phenoxy) is 1. The topological polar surface area (TPSA) is 93.4 Å². The number of nitrogens with zero attached hydrogens (tertiary/aromatic N) is 4. The van der Waals surface area contributed by atoms with Gasteiger partial charge in [-0.1, -0.05) is 42.5 Å². The highest BCUT2D eigenvalue weighted by Crippen LogP contribution is 2.37. The monoisotopic (exact) mass is 433 g/mol. The first-order chi connectivity index (χ1) is 15.7. The van der Waals surface area contributed by atoms with Crippen LogP contribution in [0.25, 0.3) is 0 Å². The van der Waals surface area contributed by atoms with Crippen molar-refractivity contribution in [3.63, 3.8) is 0 Å². The number of hydrogen-bond acceptors (Lipinski definition) is 7. The SMILES string of the molecule is CCOc1ccccc1Nc1ncnc(N2CCC(Cc3ccccc3)CC2)c1[N+](=O)[O-]. The Kier molecular flexibility index (Phi) is 6.79. The van der Waals surface area contributed by atoms with Gasteiger partial charge in [-0.05, 0) is 49.8 Å². The fourth-order valence-corrected chi connectivity index (χ4v) is 4.14. The summed E-state index contributed by atoms with van der Waals surface area (Å²) in [6, 6.07) is 17.8. The Morgan fingerprint density at radius 3 is 2.53 bits per heavy atom. The molecule has 2 aromatic carbocycles. The van der Waals surface area contributed by atoms with Crippen LogP contribution >= 0.6 is 0 Å². The van der Waals surface area contributed by atoms with Gasteiger partial charge in [0.15, 0.2) is 0 Å². The van der Waals surface area contributed by atoms with Crippen molar-refractivity contribution in [3.05, 3.63) is 76.6 Å². The fraction of sp³-hybridized carbons (Fsp3) is 0.333. The molecule has 32 heavy (non-hydrogen) atoms. The lowest BCUT2D eigenvalue weighted by Crippen LogP contribution is -2.35. The van der Waals surface area contributed by atoms with E-state index < -0.39 is 4.92 Å². The molecule has 1 aromatic heterocycles. The zero-order chi connectivity index (χ0) is 22.3. The van der Waals surface area contributed by atoms with Crippen LogP contribution in [0.2, 0.25) is 0 Å². The van der Waals surface area contributed by atoms with E-state index in [-0.39, 0.29) is 11.5 Å². The first-order valence-electron chi connectivity index (χ1n) is 10.9. The van der Waals surface area contributed by atoms with E-state index in [0.717, 1.165) is 32.4 Å². The maximum absolute atomic E-state index is 12.0. The molecule has 0 radical (unpaired) electrons. The van der Waals surface area contributed by atoms with E-state index in [1.807, 2.05) is 42.2 Å². The number of para-hydroxylation sites is 2. The average molecular weight is 434 g/mol. The number of nitro groups is 1. The van der Waals surface area contributed by atoms with E-state index in [0.29, 0.717) is 29.8 Å². The van der Waals surface area contributed by atoms with Crippen molar-refractivity contribution in [1.82, 2.24) is 9.97 Å². The van der Waals surface area contributed by atoms with Crippen LogP contribution < -0.4 is 15.0 Å². The molecule has 166 valence electrons. The van der Waals surface area contributed by atoms with E-state index in [9.17, 15) is 10.1 Å². The lowest BCUT2D eigenvalue weighted by atomic mass is 9.90. The molecule has 2 heterocycles. The summed E-state index contributed by atoms with van der Waals surface area (Å²) in [6.45, 7) is 3.84. The Balaban J connectivity index is 1.52. The summed E-state index contributed by atoms with van der Waals surface area (Å²) in [4.78, 5) is 22.1. The molecule has 0 bridgehead atoms. The van der Waals surface area contributed by atoms with E-state index >= 15 is 0 Å². The molecule has 1 N–H and O–H groups in total. The molecule has 4 rings (SSSR count). The van der Waals surface area contributed by atoms with Gasteiger partial charge in [0.1, 0.15) is 12.1 Å². The summed E-state index contributed by atoms with van der Waals surface area (Å²) in [5.74, 6) is 1.70. The maximum Gasteiger partial charge on any atom is 0.353 e. The molecule has 8 heteroatoms. The Morgan fingerprint density at radius 2 is 1.81 bits per heavy atom. The lowest BCUT2D eigenvalue weighted by Gasteiger charge is -2.32. The quantitative estimate of drug-likeness (QED) is 0.395. The molecular formula is C24H27N5O3. The minimum atomic E-state index is -0.406. The molecule has 3 aromatic rings. The van der Waals surface area contributed by atoms with Gasteiger partial charge in [0, 0.05) is 13.1 Å². The molecule has 8 nitrogen and oxygen atoms in total. The summed E-state index contributed by atoms with van der Waals surface area (Å²) in [5, 5.41) is 15.1. The highest BCUT2D eigenvalue weighted by atomic mass is 16.6. The van der Waals surface area contributed by atoms with Crippen LogP contribution in [-0.4, -0.2) is 34.6 Å². The predicted molar refractivity (Wildman–Crippen MR) is 125 cm³/mol. The van der Waals surface area contributed by atoms with Gasteiger partial charge in [0.05, 0.1) is 17.2 Å². The van der Waals surface area contributed by atoms with Crippen molar-refractivity contribution in [2.75, 3.05) is 29.9 Å². The van der Waals surface area contributed by atoms with Gasteiger partial charge < -0.3 is 15.0 Å². The molecule has 0 atom stereocenters. The Morgan fingerprint density at radius 1 is 1.09 bits per heavy atom. The highest BCUT2D eigenvalue weighted by molar-refractivity contribution is 5.76. The number of piperidine rings is 1. The highest BCUT2D eigenvalue weighted by Gasteiger charge is 2.30. The smallest absolute Gasteiger partial charge is 0.353 e. The Labute approximate surface area is 187 Å². The Bertz CT molecular complexity index is 1050. The van der Waals surface area contributed by atoms with E-state index in [1.165, 1.54) is 11.9 Å². The summed E-state index contributed by atoms with van der Waals surface area (Å²) in [5.41, 5.74) is 1.85. The Hall–Kier alpha value is -3.68. The number of rotatable bonds is 8. The van der Waals surface area contributed by atoms with Crippen LogP contribution in [0.3, 0.4) is 0 Å². The largest absolute Gasteiger partial charge is 0.492 e. The van der Waals surface area contributed by atoms with Gasteiger partial charge in [0.2, 0.25) is 11.6 Å². The van der Waals surface area contributed by atoms with Crippen LogP contribution in [0.5, 0.6) is 5.75 Å². The number of hydrogen-bond donors (Lipinski definition) is 1. The normalized spacial score (nSPS) is 14.2. The summed E-state index contributed by atoms with van der Waals surface area (Å²) < 4.78 is 5.63. The molecular weight excluding hydrogens is 406 g/mol. The predicted octanol–water partition coefficient (Wildman–Crippen LogP) is 4.99. The summed E-state index contributed by atoms with van der Waals surface area (Å²) >= 11 is 0. The minimum Gasteiger partial charge on any atom is -0.492 e. The molecule has 1 aliphatic heterocycles. The minimum absolute atomic E-state index is 0.111. The van der Waals surface area contributed by atoms with Crippen LogP contribution in [0.1, 0.15) is 25.3 Å². The number of aromatic nitrogens is 2. The third-order valence-corrected chi connectivity index (χ3v) is 5.71. The van der Waals surface area contributed by atoms with Gasteiger partial charge in [-0.3, -0.25) is 10.1 Å².